The molecule has 0 bridgehead atoms. The summed E-state index contributed by atoms with van der Waals surface area (Å²) in [5, 5.41) is 10.5. The van der Waals surface area contributed by atoms with E-state index < -0.39 is 11.4 Å². The van der Waals surface area contributed by atoms with Gasteiger partial charge >= 0.3 is 11.9 Å². The molecule has 0 saturated heterocycles. The van der Waals surface area contributed by atoms with Crippen molar-refractivity contribution in [3.8, 4) is 0 Å². The molecule has 9 atom stereocenters. The number of carbonyl (C=O) groups excluding carboxylic acids is 1. The molecule has 0 aromatic carbocycles. The molecule has 0 heterocycles. The first kappa shape index (κ1) is 26.5. The van der Waals surface area contributed by atoms with Crippen LogP contribution in [0.3, 0.4) is 0 Å². The first-order valence-corrected chi connectivity index (χ1v) is 14.1. The van der Waals surface area contributed by atoms with E-state index >= 15 is 0 Å². The van der Waals surface area contributed by atoms with Crippen LogP contribution < -0.4 is 0 Å². The van der Waals surface area contributed by atoms with Crippen molar-refractivity contribution in [2.45, 2.75) is 106 Å². The van der Waals surface area contributed by atoms with Crippen LogP contribution >= 0.6 is 0 Å². The van der Waals surface area contributed by atoms with Crippen LogP contribution in [0.1, 0.15) is 99.8 Å². The molecule has 0 aromatic rings. The molecular weight excluding hydrogens is 436 g/mol. The van der Waals surface area contributed by atoms with Gasteiger partial charge in [0.15, 0.2) is 0 Å². The first-order chi connectivity index (χ1) is 16.4. The number of aliphatic carboxylic acids is 1. The highest BCUT2D eigenvalue weighted by molar-refractivity contribution is 5.77. The van der Waals surface area contributed by atoms with Crippen molar-refractivity contribution in [1.82, 2.24) is 0 Å². The van der Waals surface area contributed by atoms with Crippen LogP contribution in [0, 0.1) is 51.8 Å². The Bertz CT molecular complexity index is 902. The molecule has 3 fully saturated rings. The van der Waals surface area contributed by atoms with Crippen LogP contribution in [0.4, 0.5) is 0 Å². The summed E-state index contributed by atoms with van der Waals surface area (Å²) in [4.78, 5) is 24.5. The second kappa shape index (κ2) is 9.38. The van der Waals surface area contributed by atoms with Gasteiger partial charge in [-0.05, 0) is 91.3 Å². The molecule has 196 valence electrons. The number of carbonyl (C=O) groups is 2. The number of carboxylic acids is 1. The minimum atomic E-state index is -0.839. The SMILES string of the molecule is CC(=O)O[C@H]1CC[C@]2(C)C3CC[C@]4(C)[C@@H]([C@H](C)/C=C/[C@H](C)C(C)C)CC[C@H]4C3=CC[C@@]2(C(=O)O)C1. The third-order valence-electron chi connectivity index (χ3n) is 11.4. The molecule has 1 N–H and O–H groups in total. The van der Waals surface area contributed by atoms with Gasteiger partial charge in [-0.1, -0.05) is 65.3 Å². The molecule has 0 radical (unpaired) electrons. The van der Waals surface area contributed by atoms with Crippen molar-refractivity contribution in [2.24, 2.45) is 51.8 Å². The van der Waals surface area contributed by atoms with Crippen molar-refractivity contribution < 1.29 is 19.4 Å². The summed E-state index contributed by atoms with van der Waals surface area (Å²) in [5.74, 6) is 2.41. The molecule has 0 aromatic heterocycles. The van der Waals surface area contributed by atoms with E-state index in [9.17, 15) is 14.7 Å². The fraction of sp³-hybridized carbons (Fsp3) is 0.806. The molecular formula is C31H48O4. The molecule has 0 amide bonds. The quantitative estimate of drug-likeness (QED) is 0.314. The smallest absolute Gasteiger partial charge is 0.310 e. The topological polar surface area (TPSA) is 63.6 Å². The highest BCUT2D eigenvalue weighted by atomic mass is 16.5. The number of carboxylic acid groups (broad SMARTS) is 1. The van der Waals surface area contributed by atoms with Crippen molar-refractivity contribution in [1.29, 1.82) is 0 Å². The van der Waals surface area contributed by atoms with Crippen LogP contribution in [0.15, 0.2) is 23.8 Å². The summed E-state index contributed by atoms with van der Waals surface area (Å²) in [6.07, 6.45) is 14.3. The molecule has 4 aliphatic rings. The Morgan fingerprint density at radius 2 is 1.74 bits per heavy atom. The Morgan fingerprint density at radius 1 is 1.03 bits per heavy atom. The number of allylic oxidation sites excluding steroid dienone is 4. The number of esters is 1. The average molecular weight is 485 g/mol. The van der Waals surface area contributed by atoms with E-state index in [0.717, 1.165) is 19.3 Å². The third-order valence-corrected chi connectivity index (χ3v) is 11.4. The monoisotopic (exact) mass is 484 g/mol. The highest BCUT2D eigenvalue weighted by Crippen LogP contribution is 2.70. The maximum atomic E-state index is 12.9. The Hall–Kier alpha value is -1.58. The lowest BCUT2D eigenvalue weighted by Crippen LogP contribution is -2.59. The zero-order valence-electron chi connectivity index (χ0n) is 23.1. The summed E-state index contributed by atoms with van der Waals surface area (Å²) in [6, 6.07) is 0. The van der Waals surface area contributed by atoms with Gasteiger partial charge in [0.05, 0.1) is 5.41 Å². The predicted octanol–water partition coefficient (Wildman–Crippen LogP) is 7.44. The van der Waals surface area contributed by atoms with E-state index in [0.29, 0.717) is 53.8 Å². The zero-order valence-corrected chi connectivity index (χ0v) is 23.1. The Kier molecular flexibility index (Phi) is 7.10. The van der Waals surface area contributed by atoms with Gasteiger partial charge in [0, 0.05) is 13.3 Å². The second-order valence-corrected chi connectivity index (χ2v) is 13.4. The van der Waals surface area contributed by atoms with Crippen LogP contribution in [-0.4, -0.2) is 23.1 Å². The number of fused-ring (bicyclic) bond motifs is 5. The number of hydrogen-bond donors (Lipinski definition) is 1. The largest absolute Gasteiger partial charge is 0.481 e. The Morgan fingerprint density at radius 3 is 2.37 bits per heavy atom. The fourth-order valence-electron chi connectivity index (χ4n) is 8.87. The van der Waals surface area contributed by atoms with Crippen LogP contribution in [0.25, 0.3) is 0 Å². The zero-order chi connectivity index (χ0) is 25.8. The molecule has 35 heavy (non-hydrogen) atoms. The van der Waals surface area contributed by atoms with E-state index in [1.807, 2.05) is 0 Å². The predicted molar refractivity (Wildman–Crippen MR) is 140 cm³/mol. The van der Waals surface area contributed by atoms with Crippen molar-refractivity contribution in [2.75, 3.05) is 0 Å². The Labute approximate surface area is 213 Å². The number of rotatable bonds is 6. The van der Waals surface area contributed by atoms with Crippen molar-refractivity contribution >= 4 is 11.9 Å². The molecule has 0 spiro atoms. The number of ether oxygens (including phenoxy) is 1. The van der Waals surface area contributed by atoms with Crippen LogP contribution in [-0.2, 0) is 14.3 Å². The minimum absolute atomic E-state index is 0.280. The van der Waals surface area contributed by atoms with Crippen molar-refractivity contribution in [3.63, 3.8) is 0 Å². The maximum absolute atomic E-state index is 12.9. The molecule has 4 aliphatic carbocycles. The normalized spacial score (nSPS) is 42.6. The highest BCUT2D eigenvalue weighted by Gasteiger charge is 2.65. The Balaban J connectivity index is 1.61. The van der Waals surface area contributed by atoms with Gasteiger partial charge in [-0.3, -0.25) is 9.59 Å². The summed E-state index contributed by atoms with van der Waals surface area (Å²) < 4.78 is 5.55. The van der Waals surface area contributed by atoms with E-state index in [1.54, 1.807) is 5.57 Å². The summed E-state index contributed by atoms with van der Waals surface area (Å²) in [6.45, 7) is 15.5. The van der Waals surface area contributed by atoms with E-state index in [-0.39, 0.29) is 17.5 Å². The van der Waals surface area contributed by atoms with Crippen LogP contribution in [0.2, 0.25) is 0 Å². The van der Waals surface area contributed by atoms with E-state index in [1.165, 1.54) is 26.2 Å². The summed E-state index contributed by atoms with van der Waals surface area (Å²) in [7, 11) is 0. The standard InChI is InChI=1S/C31H48O4/c1-19(2)20(3)8-9-21(4)25-10-11-26-24-13-17-31(28(33)34)18-23(35-22(5)32)12-16-30(31,7)27(24)14-15-29(25,26)6/h8-9,13,19-21,23,25-27H,10-12,14-18H2,1-7H3,(H,33,34)/b9-8+/t20-,21+,23-,25+,26-,27?,29+,30+,31-/m0/s1. The minimum Gasteiger partial charge on any atom is -0.481 e. The lowest BCUT2D eigenvalue weighted by molar-refractivity contribution is -0.183. The summed E-state index contributed by atoms with van der Waals surface area (Å²) >= 11 is 0. The maximum Gasteiger partial charge on any atom is 0.310 e. The van der Waals surface area contributed by atoms with E-state index in [2.05, 4.69) is 59.8 Å². The molecule has 3 saturated carbocycles. The second-order valence-electron chi connectivity index (χ2n) is 13.4. The van der Waals surface area contributed by atoms with Gasteiger partial charge in [0.2, 0.25) is 0 Å². The van der Waals surface area contributed by atoms with Gasteiger partial charge < -0.3 is 9.84 Å². The number of hydrogen-bond acceptors (Lipinski definition) is 3. The van der Waals surface area contributed by atoms with Crippen LogP contribution in [0.5, 0.6) is 0 Å². The molecule has 4 nitrogen and oxygen atoms in total. The van der Waals surface area contributed by atoms with E-state index in [4.69, 9.17) is 4.74 Å². The average Bonchev–Trinajstić information content (AvgIpc) is 3.14. The molecule has 4 heteroatoms. The van der Waals surface area contributed by atoms with Gasteiger partial charge in [-0.15, -0.1) is 0 Å². The lowest BCUT2D eigenvalue weighted by Gasteiger charge is -2.61. The van der Waals surface area contributed by atoms with Crippen molar-refractivity contribution in [3.05, 3.63) is 23.8 Å². The third kappa shape index (κ3) is 4.21. The lowest BCUT2D eigenvalue weighted by atomic mass is 9.42. The van der Waals surface area contributed by atoms with Gasteiger partial charge in [0.1, 0.15) is 6.10 Å². The van der Waals surface area contributed by atoms with Gasteiger partial charge in [-0.2, -0.15) is 0 Å². The molecule has 1 unspecified atom stereocenters. The molecule has 0 aliphatic heterocycles. The summed E-state index contributed by atoms with van der Waals surface area (Å²) in [5.41, 5.74) is 0.742. The molecule has 4 rings (SSSR count). The fourth-order valence-corrected chi connectivity index (χ4v) is 8.87. The van der Waals surface area contributed by atoms with Gasteiger partial charge in [0.25, 0.3) is 0 Å². The van der Waals surface area contributed by atoms with Gasteiger partial charge in [-0.25, -0.2) is 0 Å². The first-order valence-electron chi connectivity index (χ1n) is 14.1.